The van der Waals surface area contributed by atoms with Crippen molar-refractivity contribution in [3.05, 3.63) is 35.0 Å². The van der Waals surface area contributed by atoms with E-state index >= 15 is 0 Å². The van der Waals surface area contributed by atoms with Gasteiger partial charge < -0.3 is 10.5 Å². The van der Waals surface area contributed by atoms with Gasteiger partial charge in [0, 0.05) is 17.3 Å². The van der Waals surface area contributed by atoms with Gasteiger partial charge in [0.15, 0.2) is 5.82 Å². The molecule has 0 radical (unpaired) electrons. The van der Waals surface area contributed by atoms with Crippen LogP contribution in [0.4, 0.5) is 5.82 Å². The number of aromatic nitrogens is 2. The van der Waals surface area contributed by atoms with Gasteiger partial charge in [0.2, 0.25) is 0 Å². The highest BCUT2D eigenvalue weighted by Crippen LogP contribution is 2.28. The number of aryl methyl sites for hydroxylation is 3. The molecule has 0 saturated heterocycles. The van der Waals surface area contributed by atoms with E-state index in [1.165, 1.54) is 0 Å². The lowest BCUT2D eigenvalue weighted by molar-refractivity contribution is 0.411. The lowest BCUT2D eigenvalue weighted by Gasteiger charge is -2.11. The monoisotopic (exact) mass is 243 g/mol. The summed E-state index contributed by atoms with van der Waals surface area (Å²) >= 11 is 0. The summed E-state index contributed by atoms with van der Waals surface area (Å²) in [6.45, 7) is 5.92. The molecule has 0 bridgehead atoms. The van der Waals surface area contributed by atoms with E-state index < -0.39 is 0 Å². The van der Waals surface area contributed by atoms with Crippen LogP contribution in [0.1, 0.15) is 16.8 Å². The van der Waals surface area contributed by atoms with Crippen molar-refractivity contribution in [3.8, 4) is 17.1 Å². The normalized spacial score (nSPS) is 10.4. The van der Waals surface area contributed by atoms with Crippen molar-refractivity contribution in [2.24, 2.45) is 0 Å². The second-order valence-corrected chi connectivity index (χ2v) is 4.39. The van der Waals surface area contributed by atoms with Gasteiger partial charge in [-0.15, -0.1) is 0 Å². The van der Waals surface area contributed by atoms with Gasteiger partial charge in [-0.1, -0.05) is 0 Å². The van der Waals surface area contributed by atoms with E-state index in [0.717, 1.165) is 28.1 Å². The summed E-state index contributed by atoms with van der Waals surface area (Å²) in [5.74, 6) is 2.03. The van der Waals surface area contributed by atoms with Crippen molar-refractivity contribution in [1.29, 1.82) is 0 Å². The Labute approximate surface area is 107 Å². The van der Waals surface area contributed by atoms with Crippen molar-refractivity contribution >= 4 is 5.82 Å². The van der Waals surface area contributed by atoms with E-state index in [1.807, 2.05) is 32.9 Å². The molecule has 0 atom stereocenters. The minimum absolute atomic E-state index is 0.491. The third-order valence-electron chi connectivity index (χ3n) is 2.86. The van der Waals surface area contributed by atoms with Gasteiger partial charge in [-0.05, 0) is 44.0 Å². The van der Waals surface area contributed by atoms with Crippen molar-refractivity contribution < 1.29 is 4.74 Å². The Morgan fingerprint density at radius 2 is 1.72 bits per heavy atom. The molecule has 4 nitrogen and oxygen atoms in total. The second-order valence-electron chi connectivity index (χ2n) is 4.39. The molecule has 2 rings (SSSR count). The SMILES string of the molecule is COc1cc(C)c(-c2nc(C)cc(N)n2)cc1C. The Bertz CT molecular complexity index is 574. The first kappa shape index (κ1) is 12.4. The number of benzene rings is 1. The van der Waals surface area contributed by atoms with Crippen LogP contribution in [0.2, 0.25) is 0 Å². The molecule has 0 aliphatic heterocycles. The predicted octanol–water partition coefficient (Wildman–Crippen LogP) is 2.66. The number of ether oxygens (including phenoxy) is 1. The third-order valence-corrected chi connectivity index (χ3v) is 2.86. The van der Waals surface area contributed by atoms with Crippen molar-refractivity contribution in [2.45, 2.75) is 20.8 Å². The van der Waals surface area contributed by atoms with Crippen LogP contribution in [0.5, 0.6) is 5.75 Å². The van der Waals surface area contributed by atoms with Crippen molar-refractivity contribution in [2.75, 3.05) is 12.8 Å². The smallest absolute Gasteiger partial charge is 0.162 e. The summed E-state index contributed by atoms with van der Waals surface area (Å²) in [6, 6.07) is 5.78. The molecule has 2 aromatic rings. The maximum absolute atomic E-state index is 5.77. The van der Waals surface area contributed by atoms with Gasteiger partial charge in [-0.2, -0.15) is 0 Å². The average molecular weight is 243 g/mol. The van der Waals surface area contributed by atoms with Crippen molar-refractivity contribution in [1.82, 2.24) is 9.97 Å². The van der Waals surface area contributed by atoms with Gasteiger partial charge in [0.1, 0.15) is 11.6 Å². The highest BCUT2D eigenvalue weighted by atomic mass is 16.5. The first-order chi connectivity index (χ1) is 8.51. The molecule has 0 aliphatic carbocycles. The number of nitrogens with two attached hydrogens (primary N) is 1. The number of rotatable bonds is 2. The zero-order valence-electron chi connectivity index (χ0n) is 11.1. The lowest BCUT2D eigenvalue weighted by atomic mass is 10.0. The maximum atomic E-state index is 5.77. The molecular formula is C14H17N3O. The van der Waals surface area contributed by atoms with Crippen molar-refractivity contribution in [3.63, 3.8) is 0 Å². The first-order valence-electron chi connectivity index (χ1n) is 5.78. The summed E-state index contributed by atoms with van der Waals surface area (Å²) in [4.78, 5) is 8.72. The molecule has 0 unspecified atom stereocenters. The van der Waals surface area contributed by atoms with Crippen LogP contribution in [-0.2, 0) is 0 Å². The first-order valence-corrected chi connectivity index (χ1v) is 5.78. The number of anilines is 1. The van der Waals surface area contributed by atoms with E-state index in [4.69, 9.17) is 10.5 Å². The van der Waals surface area contributed by atoms with E-state index in [2.05, 4.69) is 9.97 Å². The van der Waals surface area contributed by atoms with Crippen LogP contribution in [-0.4, -0.2) is 17.1 Å². The largest absolute Gasteiger partial charge is 0.496 e. The zero-order valence-corrected chi connectivity index (χ0v) is 11.1. The predicted molar refractivity (Wildman–Crippen MR) is 72.6 cm³/mol. The Morgan fingerprint density at radius 1 is 1.00 bits per heavy atom. The quantitative estimate of drug-likeness (QED) is 0.880. The number of nitrogens with zero attached hydrogens (tertiary/aromatic N) is 2. The van der Waals surface area contributed by atoms with Crippen LogP contribution in [0.15, 0.2) is 18.2 Å². The number of hydrogen-bond acceptors (Lipinski definition) is 4. The molecule has 1 aromatic heterocycles. The number of hydrogen-bond donors (Lipinski definition) is 1. The summed E-state index contributed by atoms with van der Waals surface area (Å²) in [6.07, 6.45) is 0. The average Bonchev–Trinajstić information content (AvgIpc) is 2.30. The molecule has 94 valence electrons. The molecule has 0 saturated carbocycles. The molecule has 2 N–H and O–H groups in total. The zero-order chi connectivity index (χ0) is 13.3. The van der Waals surface area contributed by atoms with Crippen LogP contribution < -0.4 is 10.5 Å². The highest BCUT2D eigenvalue weighted by molar-refractivity contribution is 5.64. The van der Waals surface area contributed by atoms with Crippen LogP contribution in [0, 0.1) is 20.8 Å². The molecule has 0 amide bonds. The number of nitrogen functional groups attached to an aromatic ring is 1. The van der Waals surface area contributed by atoms with Gasteiger partial charge in [0.05, 0.1) is 7.11 Å². The Kier molecular flexibility index (Phi) is 3.19. The lowest BCUT2D eigenvalue weighted by Crippen LogP contribution is -1.99. The molecule has 18 heavy (non-hydrogen) atoms. The summed E-state index contributed by atoms with van der Waals surface area (Å²) in [5.41, 5.74) is 9.75. The molecule has 1 heterocycles. The van der Waals surface area contributed by atoms with E-state index in [9.17, 15) is 0 Å². The van der Waals surface area contributed by atoms with Crippen LogP contribution in [0.25, 0.3) is 11.4 Å². The fourth-order valence-corrected chi connectivity index (χ4v) is 1.96. The fraction of sp³-hybridized carbons (Fsp3) is 0.286. The fourth-order valence-electron chi connectivity index (χ4n) is 1.96. The Morgan fingerprint density at radius 3 is 2.33 bits per heavy atom. The maximum Gasteiger partial charge on any atom is 0.162 e. The van der Waals surface area contributed by atoms with Gasteiger partial charge in [0.25, 0.3) is 0 Å². The number of methoxy groups -OCH3 is 1. The third kappa shape index (κ3) is 2.27. The highest BCUT2D eigenvalue weighted by Gasteiger charge is 2.10. The molecule has 0 spiro atoms. The summed E-state index contributed by atoms with van der Waals surface area (Å²) in [7, 11) is 1.67. The van der Waals surface area contributed by atoms with E-state index in [1.54, 1.807) is 13.2 Å². The molecule has 0 aliphatic rings. The van der Waals surface area contributed by atoms with E-state index in [0.29, 0.717) is 11.6 Å². The topological polar surface area (TPSA) is 61.0 Å². The van der Waals surface area contributed by atoms with Gasteiger partial charge in [-0.25, -0.2) is 9.97 Å². The molecule has 0 fully saturated rings. The Hall–Kier alpha value is -2.10. The van der Waals surface area contributed by atoms with Gasteiger partial charge >= 0.3 is 0 Å². The van der Waals surface area contributed by atoms with Gasteiger partial charge in [-0.3, -0.25) is 0 Å². The molecule has 1 aromatic carbocycles. The summed E-state index contributed by atoms with van der Waals surface area (Å²) in [5, 5.41) is 0. The summed E-state index contributed by atoms with van der Waals surface area (Å²) < 4.78 is 5.30. The standard InChI is InChI=1S/C14H17N3O/c1-8-6-12(18-4)9(2)5-11(8)14-16-10(3)7-13(15)17-14/h5-7H,1-4H3,(H2,15,16,17). The van der Waals surface area contributed by atoms with Crippen LogP contribution >= 0.6 is 0 Å². The second kappa shape index (κ2) is 4.64. The minimum atomic E-state index is 0.491. The Balaban J connectivity index is 2.60. The van der Waals surface area contributed by atoms with E-state index in [-0.39, 0.29) is 0 Å². The molecule has 4 heteroatoms. The minimum Gasteiger partial charge on any atom is -0.496 e. The van der Waals surface area contributed by atoms with Crippen LogP contribution in [0.3, 0.4) is 0 Å². The molecular weight excluding hydrogens is 226 g/mol.